The molecule has 5 aliphatic heterocycles. The number of fused-ring (bicyclic) bond motifs is 2. The van der Waals surface area contributed by atoms with Gasteiger partial charge in [0.05, 0.1) is 25.2 Å². The first kappa shape index (κ1) is 19.2. The van der Waals surface area contributed by atoms with Crippen molar-refractivity contribution in [1.82, 2.24) is 4.90 Å². The Morgan fingerprint density at radius 3 is 2.77 bits per heavy atom. The highest BCUT2D eigenvalue weighted by Crippen LogP contribution is 2.65. The Labute approximate surface area is 174 Å². The number of para-hydroxylation sites is 1. The predicted molar refractivity (Wildman–Crippen MR) is 108 cm³/mol. The monoisotopic (exact) mass is 432 g/mol. The summed E-state index contributed by atoms with van der Waals surface area (Å²) in [6.07, 6.45) is 5.43. The van der Waals surface area contributed by atoms with Gasteiger partial charge in [-0.05, 0) is 36.9 Å². The highest BCUT2D eigenvalue weighted by Gasteiger charge is 2.70. The zero-order valence-electron chi connectivity index (χ0n) is 16.4. The lowest BCUT2D eigenvalue weighted by molar-refractivity contribution is -0.132. The lowest BCUT2D eigenvalue weighted by Crippen LogP contribution is -2.69. The number of piperidine rings is 2. The maximum atomic E-state index is 13.2. The molecule has 6 aliphatic rings. The van der Waals surface area contributed by atoms with E-state index in [9.17, 15) is 4.79 Å². The molecule has 1 saturated carbocycles. The molecule has 30 heavy (non-hydrogen) atoms. The van der Waals surface area contributed by atoms with Crippen molar-refractivity contribution < 1.29 is 28.8 Å². The number of ether oxygens (including phenoxy) is 1. The number of nitrogens with zero attached hydrogens (tertiary/aromatic N) is 2. The molecule has 8 nitrogen and oxygen atoms in total. The minimum atomic E-state index is -4.64. The Balaban J connectivity index is 0.000000318. The third-order valence-corrected chi connectivity index (χ3v) is 8.22. The maximum absolute atomic E-state index is 13.2. The minimum Gasteiger partial charge on any atom is -0.373 e. The van der Waals surface area contributed by atoms with Crippen LogP contribution in [0.4, 0.5) is 5.69 Å². The van der Waals surface area contributed by atoms with E-state index in [1.807, 2.05) is 0 Å². The van der Waals surface area contributed by atoms with E-state index in [1.165, 1.54) is 30.6 Å². The molecule has 1 aromatic rings. The largest absolute Gasteiger partial charge is 0.466 e. The average Bonchev–Trinajstić information content (AvgIpc) is 3.15. The van der Waals surface area contributed by atoms with Crippen molar-refractivity contribution in [3.05, 3.63) is 41.5 Å². The molecule has 3 N–H and O–H groups in total. The third kappa shape index (κ3) is 2.46. The van der Waals surface area contributed by atoms with Gasteiger partial charge in [-0.15, -0.1) is 0 Å². The van der Waals surface area contributed by atoms with Gasteiger partial charge in [0.25, 0.3) is 0 Å². The molecular formula is C21H25N2O6P. The fraction of sp³-hybridized carbons (Fsp3) is 0.571. The number of amides is 1. The number of hydrogen-bond acceptors (Lipinski definition) is 4. The predicted octanol–water partition coefficient (Wildman–Crippen LogP) is 1.16. The maximum Gasteiger partial charge on any atom is 0.466 e. The Morgan fingerprint density at radius 1 is 1.20 bits per heavy atom. The first-order valence-electron chi connectivity index (χ1n) is 10.5. The summed E-state index contributed by atoms with van der Waals surface area (Å²) in [6, 6.07) is 9.64. The van der Waals surface area contributed by atoms with Crippen LogP contribution in [0.3, 0.4) is 0 Å². The molecule has 3 saturated heterocycles. The summed E-state index contributed by atoms with van der Waals surface area (Å²) < 4.78 is 15.1. The first-order chi connectivity index (χ1) is 14.3. The van der Waals surface area contributed by atoms with Crippen LogP contribution in [0, 0.1) is 11.8 Å². The summed E-state index contributed by atoms with van der Waals surface area (Å²) in [5, 5.41) is 0. The zero-order chi connectivity index (χ0) is 20.8. The number of rotatable bonds is 0. The molecule has 0 unspecified atom stereocenters. The van der Waals surface area contributed by atoms with E-state index >= 15 is 0 Å². The van der Waals surface area contributed by atoms with Gasteiger partial charge in [-0.3, -0.25) is 9.69 Å². The number of carbonyl (C=O) groups excluding carboxylic acids is 1. The van der Waals surface area contributed by atoms with E-state index in [2.05, 4.69) is 40.1 Å². The van der Waals surface area contributed by atoms with Crippen LogP contribution in [0.1, 0.15) is 24.8 Å². The Hall–Kier alpha value is -1.54. The molecule has 1 amide bonds. The van der Waals surface area contributed by atoms with Gasteiger partial charge < -0.3 is 24.3 Å². The molecule has 9 heteroatoms. The van der Waals surface area contributed by atoms with Crippen LogP contribution in [0.25, 0.3) is 0 Å². The minimum absolute atomic E-state index is 0.104. The molecule has 1 aromatic carbocycles. The zero-order valence-corrected chi connectivity index (χ0v) is 17.3. The standard InChI is InChI=1S/C21H22N2O2.H3O4P/c24-18-10-16-19-13-9-17-21(6-7-22(17)11-12(13)5-8-25-16)14-3-1-2-4-15(14)23(18)20(19)21;1-5(2,3)4/h1-5,13,16-17,19-20H,6-11H2;(H3,1,2,3,4)/t13-,16-,17-,19-,20-,21+;/m0./s1. The van der Waals surface area contributed by atoms with Crippen LogP contribution < -0.4 is 4.90 Å². The lowest BCUT2D eigenvalue weighted by Gasteiger charge is -2.58. The highest BCUT2D eigenvalue weighted by atomic mass is 31.2. The van der Waals surface area contributed by atoms with E-state index in [-0.39, 0.29) is 17.4 Å². The Morgan fingerprint density at radius 2 is 1.97 bits per heavy atom. The first-order valence-corrected chi connectivity index (χ1v) is 12.1. The molecule has 160 valence electrons. The second-order valence-electron chi connectivity index (χ2n) is 9.29. The molecule has 5 heterocycles. The number of anilines is 1. The molecule has 2 bridgehead atoms. The van der Waals surface area contributed by atoms with Crippen LogP contribution in [0.15, 0.2) is 35.9 Å². The summed E-state index contributed by atoms with van der Waals surface area (Å²) >= 11 is 0. The average molecular weight is 432 g/mol. The van der Waals surface area contributed by atoms with Gasteiger partial charge in [-0.1, -0.05) is 29.8 Å². The van der Waals surface area contributed by atoms with Gasteiger partial charge in [-0.25, -0.2) is 4.57 Å². The Kier molecular flexibility index (Phi) is 3.99. The highest BCUT2D eigenvalue weighted by molar-refractivity contribution is 7.45. The Bertz CT molecular complexity index is 999. The van der Waals surface area contributed by atoms with Crippen molar-refractivity contribution in [3.63, 3.8) is 0 Å². The number of benzene rings is 1. The summed E-state index contributed by atoms with van der Waals surface area (Å²) in [5.41, 5.74) is 4.35. The van der Waals surface area contributed by atoms with Crippen molar-refractivity contribution in [2.45, 2.75) is 42.9 Å². The van der Waals surface area contributed by atoms with Crippen molar-refractivity contribution in [3.8, 4) is 0 Å². The number of hydrogen-bond donors (Lipinski definition) is 3. The molecule has 1 spiro atoms. The molecule has 0 aromatic heterocycles. The third-order valence-electron chi connectivity index (χ3n) is 8.22. The second kappa shape index (κ2) is 6.25. The quantitative estimate of drug-likeness (QED) is 0.417. The number of carbonyl (C=O) groups is 1. The van der Waals surface area contributed by atoms with Gasteiger partial charge in [0.2, 0.25) is 5.91 Å². The molecule has 4 fully saturated rings. The number of phosphoric acid groups is 1. The molecule has 6 atom stereocenters. The van der Waals surface area contributed by atoms with Gasteiger partial charge >= 0.3 is 7.82 Å². The van der Waals surface area contributed by atoms with Crippen LogP contribution in [-0.2, 0) is 19.5 Å². The van der Waals surface area contributed by atoms with Crippen molar-refractivity contribution >= 4 is 19.4 Å². The molecule has 0 radical (unpaired) electrons. The van der Waals surface area contributed by atoms with Crippen LogP contribution >= 0.6 is 7.82 Å². The van der Waals surface area contributed by atoms with E-state index < -0.39 is 7.82 Å². The van der Waals surface area contributed by atoms with E-state index in [1.54, 1.807) is 5.57 Å². The van der Waals surface area contributed by atoms with Crippen molar-refractivity contribution in [2.24, 2.45) is 11.8 Å². The van der Waals surface area contributed by atoms with E-state index in [4.69, 9.17) is 24.0 Å². The molecular weight excluding hydrogens is 407 g/mol. The lowest BCUT2D eigenvalue weighted by atomic mass is 9.53. The summed E-state index contributed by atoms with van der Waals surface area (Å²) in [4.78, 5) is 39.6. The summed E-state index contributed by atoms with van der Waals surface area (Å²) in [6.45, 7) is 2.97. The second-order valence-corrected chi connectivity index (χ2v) is 10.3. The van der Waals surface area contributed by atoms with E-state index in [0.29, 0.717) is 36.9 Å². The fourth-order valence-corrected chi connectivity index (χ4v) is 7.51. The molecule has 7 rings (SSSR count). The van der Waals surface area contributed by atoms with Gasteiger partial charge in [0, 0.05) is 29.6 Å². The van der Waals surface area contributed by atoms with Crippen LogP contribution in [0.2, 0.25) is 0 Å². The topological polar surface area (TPSA) is 111 Å². The molecule has 1 aliphatic carbocycles. The van der Waals surface area contributed by atoms with Crippen LogP contribution in [0.5, 0.6) is 0 Å². The van der Waals surface area contributed by atoms with E-state index in [0.717, 1.165) is 6.54 Å². The van der Waals surface area contributed by atoms with Crippen LogP contribution in [-0.4, -0.2) is 63.4 Å². The fourth-order valence-electron chi connectivity index (χ4n) is 7.51. The van der Waals surface area contributed by atoms with Gasteiger partial charge in [0.1, 0.15) is 0 Å². The summed E-state index contributed by atoms with van der Waals surface area (Å²) in [5.74, 6) is 1.35. The summed E-state index contributed by atoms with van der Waals surface area (Å²) in [7, 11) is -4.64. The van der Waals surface area contributed by atoms with Gasteiger partial charge in [0.15, 0.2) is 0 Å². The van der Waals surface area contributed by atoms with Crippen molar-refractivity contribution in [1.29, 1.82) is 0 Å². The van der Waals surface area contributed by atoms with Gasteiger partial charge in [-0.2, -0.15) is 0 Å². The SMILES string of the molecule is O=C1C[C@@H]2OCC=C3CN4CC[C@]56c7ccccc7N1[C@H]5[C@H]2[C@H]3C[C@H]46.O=P(O)(O)O. The smallest absolute Gasteiger partial charge is 0.373 e. The normalized spacial score (nSPS) is 40.2. The van der Waals surface area contributed by atoms with Crippen molar-refractivity contribution in [2.75, 3.05) is 24.6 Å².